The van der Waals surface area contributed by atoms with Gasteiger partial charge >= 0.3 is 6.18 Å². The van der Waals surface area contributed by atoms with E-state index in [4.69, 9.17) is 0 Å². The van der Waals surface area contributed by atoms with Gasteiger partial charge in [-0.1, -0.05) is 5.21 Å². The molecular formula is C12H12F4N4. The minimum atomic E-state index is -4.52. The van der Waals surface area contributed by atoms with E-state index in [0.717, 1.165) is 12.1 Å². The van der Waals surface area contributed by atoms with Crippen molar-refractivity contribution in [1.82, 2.24) is 20.3 Å². The Bertz CT molecular complexity index is 606. The number of benzene rings is 1. The number of alkyl halides is 3. The minimum absolute atomic E-state index is 0.104. The van der Waals surface area contributed by atoms with Gasteiger partial charge in [0.25, 0.3) is 0 Å². The molecule has 2 rings (SSSR count). The standard InChI is InChI=1S/C12H12F4N4/c1-17-11(10-6-18-19-20(10)2)8-5-7(12(14,15)16)3-4-9(8)13/h3-6,11,17H,1-2H3. The lowest BCUT2D eigenvalue weighted by Gasteiger charge is -2.18. The number of rotatable bonds is 3. The molecule has 0 saturated heterocycles. The van der Waals surface area contributed by atoms with Crippen LogP contribution in [0.3, 0.4) is 0 Å². The molecule has 4 nitrogen and oxygen atoms in total. The van der Waals surface area contributed by atoms with Crippen LogP contribution in [0.15, 0.2) is 24.4 Å². The molecule has 1 aromatic heterocycles. The van der Waals surface area contributed by atoms with Crippen molar-refractivity contribution in [3.63, 3.8) is 0 Å². The second-order valence-electron chi connectivity index (χ2n) is 4.24. The van der Waals surface area contributed by atoms with E-state index in [1.807, 2.05) is 0 Å². The van der Waals surface area contributed by atoms with Crippen LogP contribution in [0.1, 0.15) is 22.9 Å². The van der Waals surface area contributed by atoms with Crippen molar-refractivity contribution >= 4 is 0 Å². The van der Waals surface area contributed by atoms with Crippen LogP contribution in [0, 0.1) is 5.82 Å². The van der Waals surface area contributed by atoms with Gasteiger partial charge in [0, 0.05) is 12.6 Å². The van der Waals surface area contributed by atoms with Crippen LogP contribution >= 0.6 is 0 Å². The van der Waals surface area contributed by atoms with Crippen molar-refractivity contribution in [2.24, 2.45) is 7.05 Å². The molecule has 0 aliphatic rings. The predicted octanol–water partition coefficient (Wildman–Crippen LogP) is 2.28. The summed E-state index contributed by atoms with van der Waals surface area (Å²) in [5.41, 5.74) is -0.539. The molecule has 0 saturated carbocycles. The lowest BCUT2D eigenvalue weighted by molar-refractivity contribution is -0.137. The fourth-order valence-electron chi connectivity index (χ4n) is 1.96. The second-order valence-corrected chi connectivity index (χ2v) is 4.24. The maximum absolute atomic E-state index is 13.9. The first kappa shape index (κ1) is 14.4. The first-order valence-corrected chi connectivity index (χ1v) is 5.73. The topological polar surface area (TPSA) is 42.7 Å². The smallest absolute Gasteiger partial charge is 0.308 e. The number of nitrogens with one attached hydrogen (secondary N) is 1. The number of aryl methyl sites for hydroxylation is 1. The Morgan fingerprint density at radius 3 is 2.50 bits per heavy atom. The zero-order valence-electron chi connectivity index (χ0n) is 10.7. The summed E-state index contributed by atoms with van der Waals surface area (Å²) in [6.07, 6.45) is -3.15. The van der Waals surface area contributed by atoms with E-state index >= 15 is 0 Å². The molecule has 1 N–H and O–H groups in total. The molecule has 0 spiro atoms. The third-order valence-electron chi connectivity index (χ3n) is 2.97. The van der Waals surface area contributed by atoms with Gasteiger partial charge in [0.15, 0.2) is 0 Å². The summed E-state index contributed by atoms with van der Waals surface area (Å²) >= 11 is 0. The summed E-state index contributed by atoms with van der Waals surface area (Å²) in [5.74, 6) is -0.724. The zero-order valence-corrected chi connectivity index (χ0v) is 10.7. The molecule has 0 fully saturated rings. The van der Waals surface area contributed by atoms with Gasteiger partial charge in [-0.05, 0) is 25.2 Å². The molecule has 0 bridgehead atoms. The highest BCUT2D eigenvalue weighted by Crippen LogP contribution is 2.33. The summed E-state index contributed by atoms with van der Waals surface area (Å²) in [6.45, 7) is 0. The minimum Gasteiger partial charge on any atom is -0.308 e. The van der Waals surface area contributed by atoms with Crippen LogP contribution in [0.5, 0.6) is 0 Å². The van der Waals surface area contributed by atoms with E-state index in [-0.39, 0.29) is 5.56 Å². The van der Waals surface area contributed by atoms with Gasteiger partial charge < -0.3 is 5.32 Å². The van der Waals surface area contributed by atoms with Crippen LogP contribution in [0.4, 0.5) is 17.6 Å². The maximum atomic E-state index is 13.9. The van der Waals surface area contributed by atoms with E-state index in [1.165, 1.54) is 17.9 Å². The maximum Gasteiger partial charge on any atom is 0.416 e. The predicted molar refractivity (Wildman–Crippen MR) is 63.3 cm³/mol. The molecule has 0 aliphatic carbocycles. The summed E-state index contributed by atoms with van der Waals surface area (Å²) in [6, 6.07) is 1.56. The van der Waals surface area contributed by atoms with Crippen molar-refractivity contribution in [3.8, 4) is 0 Å². The Hall–Kier alpha value is -1.96. The molecule has 1 unspecified atom stereocenters. The van der Waals surface area contributed by atoms with Gasteiger partial charge in [-0.25, -0.2) is 4.39 Å². The van der Waals surface area contributed by atoms with Gasteiger partial charge in [-0.3, -0.25) is 4.68 Å². The molecular weight excluding hydrogens is 276 g/mol. The molecule has 20 heavy (non-hydrogen) atoms. The molecule has 0 radical (unpaired) electrons. The lowest BCUT2D eigenvalue weighted by Crippen LogP contribution is -2.22. The van der Waals surface area contributed by atoms with E-state index in [2.05, 4.69) is 15.6 Å². The van der Waals surface area contributed by atoms with Gasteiger partial charge in [-0.15, -0.1) is 5.10 Å². The lowest BCUT2D eigenvalue weighted by atomic mass is 10.0. The number of hydrogen-bond acceptors (Lipinski definition) is 3. The Morgan fingerprint density at radius 1 is 1.30 bits per heavy atom. The number of aromatic nitrogens is 3. The van der Waals surface area contributed by atoms with E-state index in [1.54, 1.807) is 7.05 Å². The summed E-state index contributed by atoms with van der Waals surface area (Å²) in [7, 11) is 3.11. The molecule has 1 heterocycles. The monoisotopic (exact) mass is 288 g/mol. The van der Waals surface area contributed by atoms with Crippen LogP contribution in [-0.2, 0) is 13.2 Å². The SMILES string of the molecule is CNC(c1cc(C(F)(F)F)ccc1F)c1cnnn1C. The van der Waals surface area contributed by atoms with E-state index in [9.17, 15) is 17.6 Å². The number of hydrogen-bond donors (Lipinski definition) is 1. The van der Waals surface area contributed by atoms with Crippen molar-refractivity contribution in [1.29, 1.82) is 0 Å². The average Bonchev–Trinajstić information content (AvgIpc) is 2.78. The van der Waals surface area contributed by atoms with Crippen LogP contribution in [0.25, 0.3) is 0 Å². The van der Waals surface area contributed by atoms with Gasteiger partial charge in [0.2, 0.25) is 0 Å². The van der Waals surface area contributed by atoms with E-state index < -0.39 is 23.6 Å². The Labute approximate surface area is 112 Å². The molecule has 0 aliphatic heterocycles. The fraction of sp³-hybridized carbons (Fsp3) is 0.333. The summed E-state index contributed by atoms with van der Waals surface area (Å²) in [4.78, 5) is 0. The van der Waals surface area contributed by atoms with Crippen molar-refractivity contribution < 1.29 is 17.6 Å². The van der Waals surface area contributed by atoms with Crippen LogP contribution < -0.4 is 5.32 Å². The van der Waals surface area contributed by atoms with Crippen molar-refractivity contribution in [2.75, 3.05) is 7.05 Å². The molecule has 0 amide bonds. The third-order valence-corrected chi connectivity index (χ3v) is 2.97. The van der Waals surface area contributed by atoms with Crippen LogP contribution in [-0.4, -0.2) is 22.0 Å². The molecule has 1 aromatic carbocycles. The average molecular weight is 288 g/mol. The third kappa shape index (κ3) is 2.64. The highest BCUT2D eigenvalue weighted by molar-refractivity contribution is 5.33. The Balaban J connectivity index is 2.52. The van der Waals surface area contributed by atoms with Crippen molar-refractivity contribution in [3.05, 3.63) is 47.0 Å². The normalized spacial score (nSPS) is 13.5. The quantitative estimate of drug-likeness (QED) is 0.881. The largest absolute Gasteiger partial charge is 0.416 e. The Morgan fingerprint density at radius 2 is 2.00 bits per heavy atom. The van der Waals surface area contributed by atoms with Gasteiger partial charge in [0.05, 0.1) is 23.5 Å². The molecule has 2 aromatic rings. The molecule has 8 heteroatoms. The van der Waals surface area contributed by atoms with Crippen LogP contribution in [0.2, 0.25) is 0 Å². The van der Waals surface area contributed by atoms with Crippen molar-refractivity contribution in [2.45, 2.75) is 12.2 Å². The Kier molecular flexibility index (Phi) is 3.76. The first-order chi connectivity index (χ1) is 9.34. The van der Waals surface area contributed by atoms with Gasteiger partial charge in [0.1, 0.15) is 5.82 Å². The number of nitrogens with zero attached hydrogens (tertiary/aromatic N) is 3. The summed E-state index contributed by atoms with van der Waals surface area (Å²) in [5, 5.41) is 10.1. The summed E-state index contributed by atoms with van der Waals surface area (Å²) < 4.78 is 53.4. The molecule has 1 atom stereocenters. The number of halogens is 4. The second kappa shape index (κ2) is 5.20. The fourth-order valence-corrected chi connectivity index (χ4v) is 1.96. The zero-order chi connectivity index (χ0) is 14.9. The highest BCUT2D eigenvalue weighted by atomic mass is 19.4. The van der Waals surface area contributed by atoms with Gasteiger partial charge in [-0.2, -0.15) is 13.2 Å². The first-order valence-electron chi connectivity index (χ1n) is 5.73. The molecule has 108 valence electrons. The van der Waals surface area contributed by atoms with E-state index in [0.29, 0.717) is 11.8 Å². The highest BCUT2D eigenvalue weighted by Gasteiger charge is 2.32.